The van der Waals surface area contributed by atoms with E-state index in [1.807, 2.05) is 13.0 Å². The fraction of sp³-hybridized carbons (Fsp3) is 0.519. The number of Topliss-reactive ketones (excluding diaryl/α,β-unsaturated/α-hetero) is 1. The molecule has 4 aliphatic rings. The summed E-state index contributed by atoms with van der Waals surface area (Å²) in [6.45, 7) is 2.44. The van der Waals surface area contributed by atoms with Gasteiger partial charge in [-0.2, -0.15) is 0 Å². The molecular formula is C27H35N5O2. The van der Waals surface area contributed by atoms with Gasteiger partial charge in [0.25, 0.3) is 0 Å². The van der Waals surface area contributed by atoms with Crippen LogP contribution in [0.4, 0.5) is 0 Å². The molecule has 7 nitrogen and oxygen atoms in total. The van der Waals surface area contributed by atoms with E-state index in [0.717, 1.165) is 62.5 Å². The molecule has 5 rings (SSSR count). The first-order chi connectivity index (χ1) is 16.4. The molecule has 0 amide bonds. The predicted octanol–water partition coefficient (Wildman–Crippen LogP) is 3.28. The van der Waals surface area contributed by atoms with Crippen molar-refractivity contribution >= 4 is 5.78 Å². The van der Waals surface area contributed by atoms with Crippen LogP contribution in [0.25, 0.3) is 0 Å². The zero-order valence-electron chi connectivity index (χ0n) is 20.0. The van der Waals surface area contributed by atoms with E-state index in [4.69, 9.17) is 22.6 Å². The Balaban J connectivity index is 1.44. The quantitative estimate of drug-likeness (QED) is 0.629. The Kier molecular flexibility index (Phi) is 7.94. The third-order valence-corrected chi connectivity index (χ3v) is 7.05. The zero-order valence-corrected chi connectivity index (χ0v) is 20.0. The van der Waals surface area contributed by atoms with Crippen LogP contribution in [0.3, 0.4) is 0 Å². The largest absolute Gasteiger partial charge is 0.370 e. The highest BCUT2D eigenvalue weighted by Crippen LogP contribution is 2.29. The number of rotatable bonds is 6. The molecule has 0 saturated heterocycles. The van der Waals surface area contributed by atoms with Gasteiger partial charge in [0.2, 0.25) is 0 Å². The molecular weight excluding hydrogens is 426 g/mol. The summed E-state index contributed by atoms with van der Waals surface area (Å²) in [6, 6.07) is 0.0296. The minimum atomic E-state index is -0.0701. The second kappa shape index (κ2) is 11.1. The normalized spacial score (nSPS) is 29.4. The lowest BCUT2D eigenvalue weighted by Gasteiger charge is -2.17. The third-order valence-electron chi connectivity index (χ3n) is 7.05. The Hall–Kier alpha value is -2.79. The maximum Gasteiger partial charge on any atom is 0.184 e. The monoisotopic (exact) mass is 461 g/mol. The van der Waals surface area contributed by atoms with Crippen LogP contribution in [0.1, 0.15) is 64.0 Å². The van der Waals surface area contributed by atoms with Crippen molar-refractivity contribution in [2.75, 3.05) is 0 Å². The molecule has 34 heavy (non-hydrogen) atoms. The van der Waals surface area contributed by atoms with Crippen molar-refractivity contribution in [3.8, 4) is 12.3 Å². The van der Waals surface area contributed by atoms with Crippen molar-refractivity contribution in [1.82, 2.24) is 15.0 Å². The summed E-state index contributed by atoms with van der Waals surface area (Å²) in [5.74, 6) is 2.79. The zero-order chi connectivity index (χ0) is 24.1. The molecule has 0 radical (unpaired) electrons. The number of ether oxygens (including phenoxy) is 1. The fourth-order valence-corrected chi connectivity index (χ4v) is 4.89. The molecule has 1 heterocycles. The van der Waals surface area contributed by atoms with E-state index >= 15 is 0 Å². The number of allylic oxidation sites excluding steroid dienone is 8. The van der Waals surface area contributed by atoms with Crippen LogP contribution >= 0.6 is 0 Å². The topological polar surface area (TPSA) is 109 Å². The molecule has 180 valence electrons. The number of carbonyl (C=O) groups is 1. The van der Waals surface area contributed by atoms with Gasteiger partial charge in [0.1, 0.15) is 12.2 Å². The summed E-state index contributed by atoms with van der Waals surface area (Å²) in [6.07, 6.45) is 21.1. The van der Waals surface area contributed by atoms with Crippen LogP contribution < -0.4 is 11.5 Å². The number of fused-ring (bicyclic) bond motifs is 7. The van der Waals surface area contributed by atoms with Gasteiger partial charge in [-0.25, -0.2) is 4.68 Å². The lowest BCUT2D eigenvalue weighted by molar-refractivity contribution is -0.116. The Morgan fingerprint density at radius 2 is 1.85 bits per heavy atom. The van der Waals surface area contributed by atoms with Gasteiger partial charge < -0.3 is 16.2 Å². The maximum atomic E-state index is 13.3. The van der Waals surface area contributed by atoms with Gasteiger partial charge in [0.05, 0.1) is 18.9 Å². The number of ketones is 1. The highest BCUT2D eigenvalue weighted by Gasteiger charge is 2.30. The molecule has 4 N–H and O–H groups in total. The summed E-state index contributed by atoms with van der Waals surface area (Å²) < 4.78 is 7.46. The van der Waals surface area contributed by atoms with Crippen molar-refractivity contribution in [1.29, 1.82) is 0 Å². The van der Waals surface area contributed by atoms with E-state index in [1.165, 1.54) is 11.1 Å². The van der Waals surface area contributed by atoms with Crippen molar-refractivity contribution < 1.29 is 9.53 Å². The first kappa shape index (κ1) is 24.3. The van der Waals surface area contributed by atoms with Crippen LogP contribution in [0, 0.1) is 12.3 Å². The molecule has 2 bridgehead atoms. The Bertz CT molecular complexity index is 1080. The van der Waals surface area contributed by atoms with Crippen LogP contribution in [-0.2, 0) is 22.7 Å². The number of hydrogen-bond acceptors (Lipinski definition) is 6. The van der Waals surface area contributed by atoms with Crippen molar-refractivity contribution in [3.05, 3.63) is 58.0 Å². The van der Waals surface area contributed by atoms with E-state index in [1.54, 1.807) is 10.9 Å². The van der Waals surface area contributed by atoms with Gasteiger partial charge in [-0.3, -0.25) is 4.79 Å². The van der Waals surface area contributed by atoms with Crippen LogP contribution in [0.5, 0.6) is 0 Å². The summed E-state index contributed by atoms with van der Waals surface area (Å²) in [4.78, 5) is 13.3. The van der Waals surface area contributed by atoms with Gasteiger partial charge in [-0.05, 0) is 64.4 Å². The Labute approximate surface area is 202 Å². The average molecular weight is 462 g/mol. The molecule has 1 aromatic heterocycles. The number of aromatic nitrogens is 3. The molecule has 4 aliphatic carbocycles. The molecule has 1 aromatic rings. The van der Waals surface area contributed by atoms with E-state index in [0.29, 0.717) is 17.9 Å². The first-order valence-corrected chi connectivity index (χ1v) is 12.2. The summed E-state index contributed by atoms with van der Waals surface area (Å²) in [5.41, 5.74) is 18.2. The average Bonchev–Trinajstić information content (AvgIpc) is 3.40. The fourth-order valence-electron chi connectivity index (χ4n) is 4.89. The SMILES string of the molecule is C#C/C1=C\C(C(=O)Cn2cc(CO[C@H]3C[C@H](N)C[C@@H]3N)nn2)=C(/C)CCC2=CC=C(CC2)CC1. The maximum absolute atomic E-state index is 13.3. The van der Waals surface area contributed by atoms with Crippen LogP contribution in [-0.4, -0.2) is 39.0 Å². The summed E-state index contributed by atoms with van der Waals surface area (Å²) >= 11 is 0. The third kappa shape index (κ3) is 6.20. The Morgan fingerprint density at radius 3 is 2.50 bits per heavy atom. The lowest BCUT2D eigenvalue weighted by Crippen LogP contribution is -2.31. The smallest absolute Gasteiger partial charge is 0.184 e. The van der Waals surface area contributed by atoms with Gasteiger partial charge in [0, 0.05) is 23.2 Å². The first-order valence-electron chi connectivity index (χ1n) is 12.2. The van der Waals surface area contributed by atoms with E-state index < -0.39 is 0 Å². The minimum absolute atomic E-state index is 0.0122. The number of carbonyl (C=O) groups excluding carboxylic acids is 1. The second-order valence-corrected chi connectivity index (χ2v) is 9.73. The Morgan fingerprint density at radius 1 is 1.15 bits per heavy atom. The summed E-state index contributed by atoms with van der Waals surface area (Å²) in [7, 11) is 0. The van der Waals surface area contributed by atoms with Crippen molar-refractivity contribution in [2.45, 2.75) is 89.6 Å². The van der Waals surface area contributed by atoms with Crippen LogP contribution in [0.2, 0.25) is 0 Å². The molecule has 7 heteroatoms. The lowest BCUT2D eigenvalue weighted by atomic mass is 9.88. The molecule has 3 atom stereocenters. The standard InChI is InChI=1S/C27H35N5O2/c1-3-19-6-7-21-10-8-20(9-11-21)5-4-18(2)24(12-19)26(33)16-32-15-23(30-31-32)17-34-27-14-22(28)13-25(27)29/h1,8,10,12,15,22,25,27H,4-7,9,11,13-14,16-17,28-29H2,2H3/b19-12+,24-18-/t22-,25+,27+/m1/s1. The number of terminal acetylenes is 1. The highest BCUT2D eigenvalue weighted by atomic mass is 16.5. The van der Waals surface area contributed by atoms with Gasteiger partial charge in [0.15, 0.2) is 5.78 Å². The molecule has 0 spiro atoms. The molecule has 1 saturated carbocycles. The van der Waals surface area contributed by atoms with Gasteiger partial charge in [-0.15, -0.1) is 11.5 Å². The number of nitrogens with zero attached hydrogens (tertiary/aromatic N) is 3. The highest BCUT2D eigenvalue weighted by molar-refractivity contribution is 5.98. The van der Waals surface area contributed by atoms with E-state index in [9.17, 15) is 4.79 Å². The minimum Gasteiger partial charge on any atom is -0.370 e. The van der Waals surface area contributed by atoms with E-state index in [-0.39, 0.29) is 30.5 Å². The second-order valence-electron chi connectivity index (χ2n) is 9.73. The van der Waals surface area contributed by atoms with Crippen molar-refractivity contribution in [2.24, 2.45) is 11.5 Å². The molecule has 0 unspecified atom stereocenters. The molecule has 1 fully saturated rings. The van der Waals surface area contributed by atoms with Gasteiger partial charge in [-0.1, -0.05) is 40.0 Å². The molecule has 0 aromatic carbocycles. The number of nitrogens with two attached hydrogens (primary N) is 2. The van der Waals surface area contributed by atoms with Crippen molar-refractivity contribution in [3.63, 3.8) is 0 Å². The van der Waals surface area contributed by atoms with Gasteiger partial charge >= 0.3 is 0 Å². The summed E-state index contributed by atoms with van der Waals surface area (Å²) in [5, 5.41) is 8.30. The molecule has 0 aliphatic heterocycles. The van der Waals surface area contributed by atoms with Crippen LogP contribution in [0.15, 0.2) is 52.3 Å². The number of hydrogen-bond donors (Lipinski definition) is 2. The van der Waals surface area contributed by atoms with E-state index in [2.05, 4.69) is 28.4 Å². The predicted molar refractivity (Wildman–Crippen MR) is 132 cm³/mol.